The average Bonchev–Trinajstić information content (AvgIpc) is 4.22. The molecule has 15 rings (SSSR count). The first-order valence-electron chi connectivity index (χ1n) is 27.8. The predicted octanol–water partition coefficient (Wildman–Crippen LogP) is 18.9. The van der Waals surface area contributed by atoms with Crippen LogP contribution < -0.4 is 9.80 Å². The molecular weight excluding hydrogens is 909 g/mol. The van der Waals surface area contributed by atoms with E-state index in [1.807, 2.05) is 0 Å². The molecule has 1 spiro atoms. The third kappa shape index (κ3) is 5.61. The van der Waals surface area contributed by atoms with Gasteiger partial charge in [-0.2, -0.15) is 0 Å². The molecule has 2 aliphatic heterocycles. The number of hydrogen-bond donors (Lipinski definition) is 0. The van der Waals surface area contributed by atoms with Gasteiger partial charge in [-0.1, -0.05) is 186 Å². The maximum atomic E-state index is 7.11. The standard InChI is InChI=1S/C72H64N2O/c1-7-49(73-62-29-15-13-27-58(62)68(3)40-18-20-42-70(68,73)5)36-32-46(2)55-45-61-65(66-54-24-10-17-31-64(54)75-67(55)66)53-39-35-48(44-60(53)72(61)56-25-11-8-22-51(56)52-23-9-12-26-57(52)72)47-33-37-50(38-34-47)74-63-30-16-14-28-59(63)69(4)41-19-21-43-71(69,74)6/h7-17,22-39,44-45H,2,18-21,40-43H2,1,3-6H3/b36-32-,49-7+. The van der Waals surface area contributed by atoms with E-state index in [2.05, 4.69) is 233 Å². The number of allylic oxidation sites excluding steroid dienone is 4. The lowest BCUT2D eigenvalue weighted by molar-refractivity contribution is 0.192. The monoisotopic (exact) mass is 973 g/mol. The number of hydrogen-bond acceptors (Lipinski definition) is 3. The Bertz CT molecular complexity index is 3930. The lowest BCUT2D eigenvalue weighted by Gasteiger charge is -2.50. The molecule has 4 aliphatic carbocycles. The van der Waals surface area contributed by atoms with E-state index >= 15 is 0 Å². The number of nitrogens with zero attached hydrogens (tertiary/aromatic N) is 2. The van der Waals surface area contributed by atoms with Crippen LogP contribution in [0.2, 0.25) is 0 Å². The Kier molecular flexibility index (Phi) is 9.39. The minimum atomic E-state index is -0.591. The van der Waals surface area contributed by atoms with E-state index in [4.69, 9.17) is 11.0 Å². The molecule has 3 heterocycles. The molecule has 368 valence electrons. The number of fused-ring (bicyclic) bond motifs is 20. The molecule has 0 bridgehead atoms. The molecule has 2 fully saturated rings. The van der Waals surface area contributed by atoms with Gasteiger partial charge in [-0.15, -0.1) is 0 Å². The van der Waals surface area contributed by atoms with Gasteiger partial charge >= 0.3 is 0 Å². The fourth-order valence-corrected chi connectivity index (χ4v) is 16.5. The van der Waals surface area contributed by atoms with Crippen LogP contribution in [0.25, 0.3) is 60.9 Å². The second-order valence-electron chi connectivity index (χ2n) is 23.7. The van der Waals surface area contributed by atoms with Gasteiger partial charge < -0.3 is 14.2 Å². The van der Waals surface area contributed by atoms with Gasteiger partial charge in [0.1, 0.15) is 11.2 Å². The van der Waals surface area contributed by atoms with Crippen molar-refractivity contribution in [3.05, 3.63) is 239 Å². The van der Waals surface area contributed by atoms with E-state index in [1.165, 1.54) is 134 Å². The lowest BCUT2D eigenvalue weighted by atomic mass is 9.61. The number of furan rings is 1. The summed E-state index contributed by atoms with van der Waals surface area (Å²) in [4.78, 5) is 5.34. The molecule has 9 aromatic rings. The van der Waals surface area contributed by atoms with E-state index < -0.39 is 5.41 Å². The van der Waals surface area contributed by atoms with Crippen LogP contribution in [-0.2, 0) is 16.2 Å². The van der Waals surface area contributed by atoms with Crippen LogP contribution in [0.5, 0.6) is 0 Å². The summed E-state index contributed by atoms with van der Waals surface area (Å²) < 4.78 is 7.11. The maximum Gasteiger partial charge on any atom is 0.143 e. The van der Waals surface area contributed by atoms with Gasteiger partial charge in [0.25, 0.3) is 0 Å². The second kappa shape index (κ2) is 15.7. The van der Waals surface area contributed by atoms with Gasteiger partial charge in [-0.25, -0.2) is 0 Å². The van der Waals surface area contributed by atoms with E-state index in [0.717, 1.165) is 39.5 Å². The zero-order chi connectivity index (χ0) is 50.6. The van der Waals surface area contributed by atoms with Crippen molar-refractivity contribution in [3.8, 4) is 33.4 Å². The molecule has 1 aromatic heterocycles. The highest BCUT2D eigenvalue weighted by atomic mass is 16.3. The van der Waals surface area contributed by atoms with Crippen LogP contribution >= 0.6 is 0 Å². The fourth-order valence-electron chi connectivity index (χ4n) is 16.5. The normalized spacial score (nSPS) is 24.5. The number of anilines is 3. The van der Waals surface area contributed by atoms with Crippen molar-refractivity contribution < 1.29 is 4.42 Å². The second-order valence-corrected chi connectivity index (χ2v) is 23.7. The maximum absolute atomic E-state index is 7.11. The van der Waals surface area contributed by atoms with Crippen LogP contribution in [-0.4, -0.2) is 11.1 Å². The molecule has 3 nitrogen and oxygen atoms in total. The topological polar surface area (TPSA) is 19.6 Å². The molecule has 2 saturated carbocycles. The van der Waals surface area contributed by atoms with Gasteiger partial charge in [-0.3, -0.25) is 0 Å². The largest absolute Gasteiger partial charge is 0.455 e. The van der Waals surface area contributed by atoms with E-state index in [1.54, 1.807) is 0 Å². The van der Waals surface area contributed by atoms with E-state index in [-0.39, 0.29) is 21.9 Å². The number of benzene rings is 8. The predicted molar refractivity (Wildman–Crippen MR) is 313 cm³/mol. The molecule has 8 aromatic carbocycles. The molecule has 4 atom stereocenters. The molecule has 6 aliphatic rings. The van der Waals surface area contributed by atoms with Crippen LogP contribution in [0.15, 0.2) is 205 Å². The Hall–Kier alpha value is -7.62. The number of para-hydroxylation sites is 3. The quantitative estimate of drug-likeness (QED) is 0.155. The van der Waals surface area contributed by atoms with Crippen molar-refractivity contribution in [1.82, 2.24) is 0 Å². The Balaban J connectivity index is 0.904. The summed E-state index contributed by atoms with van der Waals surface area (Å²) in [6.45, 7) is 17.2. The van der Waals surface area contributed by atoms with Gasteiger partial charge in [0.15, 0.2) is 0 Å². The van der Waals surface area contributed by atoms with Crippen LogP contribution in [0.3, 0.4) is 0 Å². The molecule has 0 amide bonds. The van der Waals surface area contributed by atoms with Crippen molar-refractivity contribution in [2.24, 2.45) is 0 Å². The van der Waals surface area contributed by atoms with E-state index in [0.29, 0.717) is 0 Å². The highest BCUT2D eigenvalue weighted by molar-refractivity contribution is 6.19. The zero-order valence-electron chi connectivity index (χ0n) is 44.1. The third-order valence-electron chi connectivity index (χ3n) is 20.5. The summed E-state index contributed by atoms with van der Waals surface area (Å²) in [6.07, 6.45) is 16.7. The average molecular weight is 973 g/mol. The third-order valence-corrected chi connectivity index (χ3v) is 20.5. The highest BCUT2D eigenvalue weighted by Gasteiger charge is 2.59. The fraction of sp³-hybridized carbons (Fsp3) is 0.250. The molecule has 4 unspecified atom stereocenters. The first-order valence-corrected chi connectivity index (χ1v) is 27.8. The molecule has 0 saturated heterocycles. The van der Waals surface area contributed by atoms with Crippen molar-refractivity contribution >= 4 is 44.6 Å². The Morgan fingerprint density at radius 1 is 0.520 bits per heavy atom. The summed E-state index contributed by atoms with van der Waals surface area (Å²) in [7, 11) is 0. The summed E-state index contributed by atoms with van der Waals surface area (Å²) in [5.41, 5.74) is 24.2. The minimum absolute atomic E-state index is 0.0124. The van der Waals surface area contributed by atoms with Crippen LogP contribution in [0.1, 0.15) is 125 Å². The van der Waals surface area contributed by atoms with Gasteiger partial charge in [0.2, 0.25) is 0 Å². The summed E-state index contributed by atoms with van der Waals surface area (Å²) in [5.74, 6) is 0. The Morgan fingerprint density at radius 3 is 1.80 bits per heavy atom. The SMILES string of the molecule is C=C(/C=C\C(=C/C)N1c2ccccc2C2(C)CCCCC12C)c1cc2c(c3c1oc1ccccc13)-c1ccc(-c3ccc(N4c5ccccc5C5(C)CCCCC45C)cc3)cc1C21c2ccccc2-c2ccccc21. The number of rotatable bonds is 6. The summed E-state index contributed by atoms with van der Waals surface area (Å²) in [6, 6.07) is 64.6. The van der Waals surface area contributed by atoms with Crippen LogP contribution in [0, 0.1) is 0 Å². The van der Waals surface area contributed by atoms with Crippen molar-refractivity contribution in [1.29, 1.82) is 0 Å². The lowest BCUT2D eigenvalue weighted by Crippen LogP contribution is -2.55. The van der Waals surface area contributed by atoms with Crippen molar-refractivity contribution in [3.63, 3.8) is 0 Å². The van der Waals surface area contributed by atoms with Gasteiger partial charge in [0.05, 0.1) is 16.5 Å². The molecule has 75 heavy (non-hydrogen) atoms. The first-order chi connectivity index (χ1) is 36.5. The van der Waals surface area contributed by atoms with E-state index in [9.17, 15) is 0 Å². The first kappa shape index (κ1) is 44.8. The highest BCUT2D eigenvalue weighted by Crippen LogP contribution is 2.66. The molecule has 0 N–H and O–H groups in total. The van der Waals surface area contributed by atoms with Crippen LogP contribution in [0.4, 0.5) is 17.1 Å². The summed E-state index contributed by atoms with van der Waals surface area (Å²) in [5, 5.41) is 2.28. The smallest absolute Gasteiger partial charge is 0.143 e. The molecule has 3 heteroatoms. The van der Waals surface area contributed by atoms with Crippen molar-refractivity contribution in [2.75, 3.05) is 9.80 Å². The van der Waals surface area contributed by atoms with Gasteiger partial charge in [-0.05, 0) is 167 Å². The molecule has 0 radical (unpaired) electrons. The zero-order valence-corrected chi connectivity index (χ0v) is 44.1. The van der Waals surface area contributed by atoms with Crippen molar-refractivity contribution in [2.45, 2.75) is 113 Å². The van der Waals surface area contributed by atoms with Gasteiger partial charge in [0, 0.05) is 49.9 Å². The Morgan fingerprint density at radius 2 is 1.09 bits per heavy atom. The Labute approximate surface area is 442 Å². The molecular formula is C72H64N2O. The minimum Gasteiger partial charge on any atom is -0.455 e. The summed E-state index contributed by atoms with van der Waals surface area (Å²) >= 11 is 0.